The van der Waals surface area contributed by atoms with Crippen LogP contribution >= 0.6 is 0 Å². The van der Waals surface area contributed by atoms with Gasteiger partial charge < -0.3 is 15.4 Å². The van der Waals surface area contributed by atoms with Crippen molar-refractivity contribution in [2.75, 3.05) is 6.54 Å². The van der Waals surface area contributed by atoms with Crippen LogP contribution in [-0.2, 0) is 4.79 Å². The van der Waals surface area contributed by atoms with Gasteiger partial charge in [-0.1, -0.05) is 0 Å². The van der Waals surface area contributed by atoms with Crippen molar-refractivity contribution in [1.29, 1.82) is 0 Å². The summed E-state index contributed by atoms with van der Waals surface area (Å²) in [5.74, 6) is -2.06. The topological polar surface area (TPSA) is 132 Å². The molecule has 0 aromatic carbocycles. The quantitative estimate of drug-likeness (QED) is 0.378. The number of rotatable bonds is 3. The van der Waals surface area contributed by atoms with Crippen molar-refractivity contribution in [2.45, 2.75) is 0 Å². The number of carbonyl (C=O) groups excluding carboxylic acids is 1. The minimum absolute atomic E-state index is 0. The Kier molecular flexibility index (Phi) is 5.28. The summed E-state index contributed by atoms with van der Waals surface area (Å²) in [5, 5.41) is 10.3. The Hall–Kier alpha value is -1.78. The molecule has 1 aromatic heterocycles. The Morgan fingerprint density at radius 1 is 1.31 bits per heavy atom. The number of carboxylic acid groups (broad SMARTS) is 1. The standard InChI is InChI=1S/C7H7N3O5.Li/c11-4-1-3(9-7(15)10-4)6(14)8-2-5(12)13;/h1H,2H2,(H,8,14)(H,12,13)(H2,9,10,11,15);/q;+1. The molecule has 4 N–H and O–H groups in total. The summed E-state index contributed by atoms with van der Waals surface area (Å²) >= 11 is 0. The largest absolute Gasteiger partial charge is 1.00 e. The molecule has 0 fully saturated rings. The number of aromatic nitrogens is 2. The maximum Gasteiger partial charge on any atom is 1.00 e. The Morgan fingerprint density at radius 3 is 2.44 bits per heavy atom. The van der Waals surface area contributed by atoms with E-state index < -0.39 is 29.7 Å². The summed E-state index contributed by atoms with van der Waals surface area (Å²) in [7, 11) is 0. The number of amides is 1. The van der Waals surface area contributed by atoms with Crippen LogP contribution in [0.2, 0.25) is 0 Å². The van der Waals surface area contributed by atoms with Gasteiger partial charge >= 0.3 is 30.5 Å². The molecular formula is C7H7LiN3O5+. The van der Waals surface area contributed by atoms with E-state index in [1.807, 2.05) is 10.3 Å². The van der Waals surface area contributed by atoms with Crippen molar-refractivity contribution >= 4 is 11.9 Å². The third kappa shape index (κ3) is 4.16. The van der Waals surface area contributed by atoms with E-state index in [0.29, 0.717) is 0 Å². The molecule has 0 spiro atoms. The van der Waals surface area contributed by atoms with Gasteiger partial charge in [-0.25, -0.2) is 4.79 Å². The van der Waals surface area contributed by atoms with E-state index in [1.54, 1.807) is 0 Å². The number of hydrogen-bond acceptors (Lipinski definition) is 4. The van der Waals surface area contributed by atoms with Crippen LogP contribution in [0.15, 0.2) is 15.7 Å². The van der Waals surface area contributed by atoms with Crippen molar-refractivity contribution in [1.82, 2.24) is 15.3 Å². The number of aromatic amines is 2. The van der Waals surface area contributed by atoms with Gasteiger partial charge in [0.1, 0.15) is 12.2 Å². The first-order chi connectivity index (χ1) is 6.99. The predicted molar refractivity (Wildman–Crippen MR) is 47.7 cm³/mol. The molecule has 1 rings (SSSR count). The molecule has 1 heterocycles. The third-order valence-corrected chi connectivity index (χ3v) is 1.41. The molecular weight excluding hydrogens is 213 g/mol. The maximum absolute atomic E-state index is 11.2. The summed E-state index contributed by atoms with van der Waals surface area (Å²) < 4.78 is 0. The first-order valence-electron chi connectivity index (χ1n) is 3.82. The van der Waals surface area contributed by atoms with E-state index in [2.05, 4.69) is 4.98 Å². The molecule has 0 aliphatic heterocycles. The summed E-state index contributed by atoms with van der Waals surface area (Å²) in [4.78, 5) is 46.7. The molecule has 80 valence electrons. The summed E-state index contributed by atoms with van der Waals surface area (Å²) in [6.45, 7) is -0.590. The van der Waals surface area contributed by atoms with Gasteiger partial charge in [-0.05, 0) is 0 Å². The molecule has 0 aliphatic rings. The molecule has 9 heteroatoms. The molecule has 0 bridgehead atoms. The van der Waals surface area contributed by atoms with Gasteiger partial charge in [-0.2, -0.15) is 0 Å². The molecule has 0 unspecified atom stereocenters. The van der Waals surface area contributed by atoms with E-state index >= 15 is 0 Å². The van der Waals surface area contributed by atoms with Crippen molar-refractivity contribution in [3.8, 4) is 0 Å². The van der Waals surface area contributed by atoms with E-state index in [0.717, 1.165) is 6.07 Å². The molecule has 0 radical (unpaired) electrons. The van der Waals surface area contributed by atoms with Crippen LogP contribution in [0.3, 0.4) is 0 Å². The molecule has 1 aromatic rings. The Labute approximate surface area is 100 Å². The number of H-pyrrole nitrogens is 2. The van der Waals surface area contributed by atoms with Gasteiger partial charge in [0.25, 0.3) is 11.5 Å². The zero-order chi connectivity index (χ0) is 11.4. The fraction of sp³-hybridized carbons (Fsp3) is 0.143. The molecule has 0 aliphatic carbocycles. The van der Waals surface area contributed by atoms with Crippen LogP contribution < -0.4 is 35.4 Å². The second-order valence-corrected chi connectivity index (χ2v) is 2.58. The second-order valence-electron chi connectivity index (χ2n) is 2.58. The van der Waals surface area contributed by atoms with Gasteiger partial charge in [0.2, 0.25) is 0 Å². The van der Waals surface area contributed by atoms with E-state index in [4.69, 9.17) is 5.11 Å². The van der Waals surface area contributed by atoms with E-state index in [-0.39, 0.29) is 24.6 Å². The van der Waals surface area contributed by atoms with Gasteiger partial charge in [0, 0.05) is 6.07 Å². The smallest absolute Gasteiger partial charge is 0.480 e. The first-order valence-corrected chi connectivity index (χ1v) is 3.82. The predicted octanol–water partition coefficient (Wildman–Crippen LogP) is -5.12. The zero-order valence-corrected chi connectivity index (χ0v) is 8.36. The van der Waals surface area contributed by atoms with E-state index in [9.17, 15) is 19.2 Å². The number of hydrogen-bond donors (Lipinski definition) is 4. The Bertz CT molecular complexity index is 477. The average Bonchev–Trinajstić information content (AvgIpc) is 2.12. The minimum atomic E-state index is -1.23. The van der Waals surface area contributed by atoms with Crippen LogP contribution in [0.4, 0.5) is 0 Å². The second kappa shape index (κ2) is 5.94. The normalized spacial score (nSPS) is 9.00. The fourth-order valence-corrected chi connectivity index (χ4v) is 0.842. The van der Waals surface area contributed by atoms with Gasteiger partial charge in [0.15, 0.2) is 0 Å². The van der Waals surface area contributed by atoms with Crippen LogP contribution in [0.5, 0.6) is 0 Å². The molecule has 8 nitrogen and oxygen atoms in total. The fourth-order valence-electron chi connectivity index (χ4n) is 0.842. The number of carboxylic acids is 1. The summed E-state index contributed by atoms with van der Waals surface area (Å²) in [5.41, 5.74) is -1.85. The van der Waals surface area contributed by atoms with Gasteiger partial charge in [-0.3, -0.25) is 19.4 Å². The number of aliphatic carboxylic acids is 1. The molecule has 0 atom stereocenters. The van der Waals surface area contributed by atoms with Crippen LogP contribution in [-0.4, -0.2) is 33.5 Å². The minimum Gasteiger partial charge on any atom is -0.480 e. The monoisotopic (exact) mass is 220 g/mol. The number of carbonyl (C=O) groups is 2. The van der Waals surface area contributed by atoms with Gasteiger partial charge in [0.05, 0.1) is 0 Å². The van der Waals surface area contributed by atoms with Crippen LogP contribution in [0.1, 0.15) is 10.5 Å². The van der Waals surface area contributed by atoms with E-state index in [1.165, 1.54) is 0 Å². The first kappa shape index (κ1) is 14.2. The average molecular weight is 220 g/mol. The SMILES string of the molecule is O=C(O)CNC(=O)c1cc(=O)[nH]c(=O)[nH]1.[Li+]. The molecule has 0 saturated heterocycles. The number of nitrogens with one attached hydrogen (secondary N) is 3. The van der Waals surface area contributed by atoms with Crippen molar-refractivity contribution < 1.29 is 33.6 Å². The van der Waals surface area contributed by atoms with Gasteiger partial charge in [-0.15, -0.1) is 0 Å². The maximum atomic E-state index is 11.2. The molecule has 1 amide bonds. The summed E-state index contributed by atoms with van der Waals surface area (Å²) in [6, 6.07) is 0.860. The zero-order valence-electron chi connectivity index (χ0n) is 8.36. The molecule has 0 saturated carbocycles. The Balaban J connectivity index is 0.00000225. The molecule has 16 heavy (non-hydrogen) atoms. The van der Waals surface area contributed by atoms with Crippen molar-refractivity contribution in [3.63, 3.8) is 0 Å². The summed E-state index contributed by atoms with van der Waals surface area (Å²) in [6.07, 6.45) is 0. The van der Waals surface area contributed by atoms with Crippen LogP contribution in [0, 0.1) is 0 Å². The van der Waals surface area contributed by atoms with Crippen molar-refractivity contribution in [2.24, 2.45) is 0 Å². The Morgan fingerprint density at radius 2 is 1.94 bits per heavy atom. The van der Waals surface area contributed by atoms with Crippen LogP contribution in [0.25, 0.3) is 0 Å². The van der Waals surface area contributed by atoms with Crippen molar-refractivity contribution in [3.05, 3.63) is 32.6 Å². The third-order valence-electron chi connectivity index (χ3n) is 1.41.